The molecular formula is C19H18ClN4O3-. The summed E-state index contributed by atoms with van der Waals surface area (Å²) in [6.07, 6.45) is 3.23. The first-order chi connectivity index (χ1) is 12.7. The monoisotopic (exact) mass is 385 g/mol. The van der Waals surface area contributed by atoms with Crippen molar-refractivity contribution < 1.29 is 21.9 Å². The van der Waals surface area contributed by atoms with Crippen LogP contribution in [0.15, 0.2) is 65.0 Å². The molecule has 0 aliphatic rings. The van der Waals surface area contributed by atoms with Crippen molar-refractivity contribution in [2.24, 2.45) is 5.10 Å². The standard InChI is InChI=1S/C19H18N4O3.ClH/c1-3-10-26-16-9-8-13(11-17(16)25-2)12-20-23-18-19(24)22-15-7-5-4-6-14(15)21-18;/h3-9,11-12H,1,10H2,2H3,(H,21,23)(H,22,24);1H/p-1/b20-12+;. The summed E-state index contributed by atoms with van der Waals surface area (Å²) in [7, 11) is 1.56. The Kier molecular flexibility index (Phi) is 6.96. The van der Waals surface area contributed by atoms with Crippen molar-refractivity contribution in [2.45, 2.75) is 0 Å². The molecule has 27 heavy (non-hydrogen) atoms. The fourth-order valence-electron chi connectivity index (χ4n) is 2.31. The third kappa shape index (κ3) is 4.86. The molecule has 1 heterocycles. The van der Waals surface area contributed by atoms with E-state index >= 15 is 0 Å². The number of aromatic amines is 1. The van der Waals surface area contributed by atoms with Crippen molar-refractivity contribution in [1.82, 2.24) is 9.97 Å². The van der Waals surface area contributed by atoms with Crippen LogP contribution in [0.1, 0.15) is 5.56 Å². The molecule has 3 aromatic rings. The lowest BCUT2D eigenvalue weighted by Gasteiger charge is -2.09. The highest BCUT2D eigenvalue weighted by atomic mass is 35.5. The largest absolute Gasteiger partial charge is 1.00 e. The van der Waals surface area contributed by atoms with Gasteiger partial charge in [-0.2, -0.15) is 5.10 Å². The minimum Gasteiger partial charge on any atom is -1.00 e. The summed E-state index contributed by atoms with van der Waals surface area (Å²) >= 11 is 0. The maximum Gasteiger partial charge on any atom is 0.293 e. The first kappa shape index (κ1) is 20.0. The number of H-pyrrole nitrogens is 1. The summed E-state index contributed by atoms with van der Waals surface area (Å²) in [6, 6.07) is 12.7. The van der Waals surface area contributed by atoms with Gasteiger partial charge in [-0.1, -0.05) is 24.8 Å². The topological polar surface area (TPSA) is 88.6 Å². The Morgan fingerprint density at radius 2 is 2.07 bits per heavy atom. The highest BCUT2D eigenvalue weighted by Crippen LogP contribution is 2.27. The number of benzene rings is 2. The second kappa shape index (κ2) is 9.40. The van der Waals surface area contributed by atoms with Crippen LogP contribution in [0.2, 0.25) is 0 Å². The van der Waals surface area contributed by atoms with E-state index in [0.29, 0.717) is 29.1 Å². The number of hydrazone groups is 1. The number of nitrogens with zero attached hydrogens (tertiary/aromatic N) is 2. The SMILES string of the molecule is C=CCOc1ccc(/C=N/Nc2nc3ccccc3[nH]c2=O)cc1OC.[Cl-]. The Morgan fingerprint density at radius 3 is 2.85 bits per heavy atom. The molecule has 0 atom stereocenters. The van der Waals surface area contributed by atoms with Crippen molar-refractivity contribution in [1.29, 1.82) is 0 Å². The molecule has 0 amide bonds. The number of hydrogen-bond acceptors (Lipinski definition) is 6. The molecule has 0 aliphatic carbocycles. The van der Waals surface area contributed by atoms with Gasteiger partial charge in [-0.25, -0.2) is 4.98 Å². The second-order valence-electron chi connectivity index (χ2n) is 5.31. The lowest BCUT2D eigenvalue weighted by molar-refractivity contribution is -0.00000595. The smallest absolute Gasteiger partial charge is 0.293 e. The summed E-state index contributed by atoms with van der Waals surface area (Å²) in [4.78, 5) is 19.0. The lowest BCUT2D eigenvalue weighted by atomic mass is 10.2. The van der Waals surface area contributed by atoms with Crippen LogP contribution in [0.5, 0.6) is 11.5 Å². The Morgan fingerprint density at radius 1 is 1.26 bits per heavy atom. The van der Waals surface area contributed by atoms with Crippen LogP contribution in [0, 0.1) is 0 Å². The van der Waals surface area contributed by atoms with Crippen LogP contribution in [0.25, 0.3) is 11.0 Å². The maximum atomic E-state index is 12.0. The van der Waals surface area contributed by atoms with Crippen molar-refractivity contribution in [3.05, 3.63) is 71.0 Å². The molecule has 7 nitrogen and oxygen atoms in total. The Labute approximate surface area is 162 Å². The third-order valence-electron chi connectivity index (χ3n) is 3.53. The number of ether oxygens (including phenoxy) is 2. The van der Waals surface area contributed by atoms with Gasteiger partial charge < -0.3 is 26.9 Å². The predicted molar refractivity (Wildman–Crippen MR) is 102 cm³/mol. The zero-order chi connectivity index (χ0) is 18.4. The van der Waals surface area contributed by atoms with Crippen molar-refractivity contribution >= 4 is 23.1 Å². The van der Waals surface area contributed by atoms with Crippen molar-refractivity contribution in [2.75, 3.05) is 19.1 Å². The zero-order valence-corrected chi connectivity index (χ0v) is 15.4. The van der Waals surface area contributed by atoms with Gasteiger partial charge in [0.1, 0.15) is 6.61 Å². The minimum absolute atomic E-state index is 0. The van der Waals surface area contributed by atoms with Gasteiger partial charge in [0, 0.05) is 0 Å². The van der Waals surface area contributed by atoms with Gasteiger partial charge >= 0.3 is 0 Å². The third-order valence-corrected chi connectivity index (χ3v) is 3.53. The van der Waals surface area contributed by atoms with Crippen molar-refractivity contribution in [3.63, 3.8) is 0 Å². The van der Waals surface area contributed by atoms with E-state index in [1.165, 1.54) is 0 Å². The normalized spacial score (nSPS) is 10.4. The average Bonchev–Trinajstić information content (AvgIpc) is 2.67. The van der Waals surface area contributed by atoms with E-state index in [1.807, 2.05) is 24.3 Å². The van der Waals surface area contributed by atoms with Gasteiger partial charge in [0.25, 0.3) is 5.56 Å². The van der Waals surface area contributed by atoms with Gasteiger partial charge in [0.05, 0.1) is 24.4 Å². The van der Waals surface area contributed by atoms with Crippen LogP contribution >= 0.6 is 0 Å². The molecule has 3 rings (SSSR count). The minimum atomic E-state index is -0.341. The molecule has 2 N–H and O–H groups in total. The number of rotatable bonds is 7. The van der Waals surface area contributed by atoms with E-state index in [1.54, 1.807) is 37.6 Å². The first-order valence-corrected chi connectivity index (χ1v) is 7.91. The number of halogens is 1. The van der Waals surface area contributed by atoms with Crippen LogP contribution < -0.4 is 32.9 Å². The van der Waals surface area contributed by atoms with E-state index in [0.717, 1.165) is 5.56 Å². The lowest BCUT2D eigenvalue weighted by Crippen LogP contribution is -3.00. The van der Waals surface area contributed by atoms with Gasteiger partial charge in [-0.05, 0) is 35.9 Å². The highest BCUT2D eigenvalue weighted by molar-refractivity contribution is 5.81. The Balaban J connectivity index is 0.00000261. The fourth-order valence-corrected chi connectivity index (χ4v) is 2.31. The summed E-state index contributed by atoms with van der Waals surface area (Å²) in [6.45, 7) is 4.01. The van der Waals surface area contributed by atoms with Gasteiger partial charge in [0.15, 0.2) is 11.5 Å². The molecule has 0 saturated carbocycles. The van der Waals surface area contributed by atoms with E-state index in [4.69, 9.17) is 9.47 Å². The van der Waals surface area contributed by atoms with Crippen LogP contribution in [0.3, 0.4) is 0 Å². The molecular weight excluding hydrogens is 368 g/mol. The van der Waals surface area contributed by atoms with Crippen LogP contribution in [0.4, 0.5) is 5.82 Å². The number of hydrogen-bond donors (Lipinski definition) is 2. The molecule has 0 aliphatic heterocycles. The van der Waals surface area contributed by atoms with E-state index in [2.05, 4.69) is 27.1 Å². The van der Waals surface area contributed by atoms with Gasteiger partial charge in [0.2, 0.25) is 5.82 Å². The molecule has 1 aromatic heterocycles. The van der Waals surface area contributed by atoms with E-state index in [9.17, 15) is 4.79 Å². The Hall–Kier alpha value is -3.32. The first-order valence-electron chi connectivity index (χ1n) is 7.91. The predicted octanol–water partition coefficient (Wildman–Crippen LogP) is -0.0535. The number of aromatic nitrogens is 2. The molecule has 0 bridgehead atoms. The molecule has 0 radical (unpaired) electrons. The summed E-state index contributed by atoms with van der Waals surface area (Å²) in [5.74, 6) is 1.32. The number of fused-ring (bicyclic) bond motifs is 1. The van der Waals surface area contributed by atoms with E-state index in [-0.39, 0.29) is 23.8 Å². The summed E-state index contributed by atoms with van der Waals surface area (Å²) < 4.78 is 10.8. The second-order valence-corrected chi connectivity index (χ2v) is 5.31. The summed E-state index contributed by atoms with van der Waals surface area (Å²) in [5.41, 5.74) is 4.45. The number of methoxy groups -OCH3 is 1. The molecule has 0 fully saturated rings. The van der Waals surface area contributed by atoms with Crippen LogP contribution in [-0.2, 0) is 0 Å². The van der Waals surface area contributed by atoms with Gasteiger partial charge in [-0.3, -0.25) is 10.2 Å². The molecule has 2 aromatic carbocycles. The Bertz CT molecular complexity index is 1020. The van der Waals surface area contributed by atoms with Crippen LogP contribution in [-0.4, -0.2) is 29.9 Å². The molecule has 8 heteroatoms. The number of anilines is 1. The zero-order valence-electron chi connectivity index (χ0n) is 14.6. The quantitative estimate of drug-likeness (QED) is 0.338. The highest BCUT2D eigenvalue weighted by Gasteiger charge is 2.05. The molecule has 140 valence electrons. The van der Waals surface area contributed by atoms with Gasteiger partial charge in [-0.15, -0.1) is 0 Å². The fraction of sp³-hybridized carbons (Fsp3) is 0.105. The summed E-state index contributed by atoms with van der Waals surface area (Å²) in [5, 5.41) is 4.08. The number of nitrogens with one attached hydrogen (secondary N) is 2. The maximum absolute atomic E-state index is 12.0. The average molecular weight is 386 g/mol. The number of para-hydroxylation sites is 2. The molecule has 0 saturated heterocycles. The van der Waals surface area contributed by atoms with E-state index < -0.39 is 0 Å². The van der Waals surface area contributed by atoms with Crippen molar-refractivity contribution in [3.8, 4) is 11.5 Å². The molecule has 0 spiro atoms. The molecule has 0 unspecified atom stereocenters.